The minimum Gasteiger partial charge on any atom is -0.481 e. The van der Waals surface area contributed by atoms with E-state index in [-0.39, 0.29) is 35.2 Å². The van der Waals surface area contributed by atoms with Crippen LogP contribution in [0.15, 0.2) is 12.2 Å². The standard InChI is InChI=1S/C28H44O6/c1-27(2,25(31)32)17-7-5-9-19-11-13-21(23(19)29)15-16-22-14-12-20(24(22)30)10-6-8-18-28(3,4)26(33)34/h15-16,19-22H,5-14,17-18H2,1-4H3,(H,31,32)(H,33,34)/b16-15-. The molecule has 0 aromatic heterocycles. The van der Waals surface area contributed by atoms with Gasteiger partial charge < -0.3 is 10.2 Å². The van der Waals surface area contributed by atoms with Crippen molar-refractivity contribution < 1.29 is 29.4 Å². The van der Waals surface area contributed by atoms with E-state index in [1.807, 2.05) is 12.2 Å². The van der Waals surface area contributed by atoms with Gasteiger partial charge in [-0.2, -0.15) is 0 Å². The summed E-state index contributed by atoms with van der Waals surface area (Å²) in [6, 6.07) is 0. The van der Waals surface area contributed by atoms with Crippen LogP contribution in [0, 0.1) is 34.5 Å². The second-order valence-corrected chi connectivity index (χ2v) is 11.8. The third-order valence-electron chi connectivity index (χ3n) is 8.13. The van der Waals surface area contributed by atoms with Crippen LogP contribution >= 0.6 is 0 Å². The lowest BCUT2D eigenvalue weighted by Crippen LogP contribution is -2.23. The van der Waals surface area contributed by atoms with E-state index in [4.69, 9.17) is 0 Å². The average Bonchev–Trinajstić information content (AvgIpc) is 3.29. The predicted molar refractivity (Wildman–Crippen MR) is 131 cm³/mol. The lowest BCUT2D eigenvalue weighted by Gasteiger charge is -2.19. The van der Waals surface area contributed by atoms with Gasteiger partial charge in [-0.15, -0.1) is 0 Å². The summed E-state index contributed by atoms with van der Waals surface area (Å²) in [4.78, 5) is 48.0. The van der Waals surface area contributed by atoms with Crippen LogP contribution in [-0.4, -0.2) is 33.7 Å². The number of hydrogen-bond donors (Lipinski definition) is 2. The first kappa shape index (κ1) is 28.3. The summed E-state index contributed by atoms with van der Waals surface area (Å²) in [7, 11) is 0. The number of hydrogen-bond acceptors (Lipinski definition) is 4. The third kappa shape index (κ3) is 7.78. The summed E-state index contributed by atoms with van der Waals surface area (Å²) in [6.45, 7) is 6.97. The second kappa shape index (κ2) is 12.1. The van der Waals surface area contributed by atoms with Crippen LogP contribution in [-0.2, 0) is 19.2 Å². The number of carboxylic acids is 2. The van der Waals surface area contributed by atoms with Crippen molar-refractivity contribution in [3.63, 3.8) is 0 Å². The van der Waals surface area contributed by atoms with Gasteiger partial charge in [-0.3, -0.25) is 19.2 Å². The zero-order chi connectivity index (χ0) is 25.5. The maximum Gasteiger partial charge on any atom is 0.309 e. The summed E-state index contributed by atoms with van der Waals surface area (Å²) < 4.78 is 0. The van der Waals surface area contributed by atoms with Crippen molar-refractivity contribution in [2.24, 2.45) is 34.5 Å². The summed E-state index contributed by atoms with van der Waals surface area (Å²) in [5, 5.41) is 18.4. The minimum absolute atomic E-state index is 0.0599. The Hall–Kier alpha value is -1.98. The molecule has 0 heterocycles. The van der Waals surface area contributed by atoms with Crippen LogP contribution in [0.25, 0.3) is 0 Å². The Morgan fingerprint density at radius 3 is 1.38 bits per heavy atom. The molecule has 6 heteroatoms. The minimum atomic E-state index is -0.777. The highest BCUT2D eigenvalue weighted by molar-refractivity contribution is 5.88. The molecular formula is C28H44O6. The van der Waals surface area contributed by atoms with E-state index in [0.29, 0.717) is 12.8 Å². The molecule has 2 fully saturated rings. The van der Waals surface area contributed by atoms with Gasteiger partial charge in [-0.25, -0.2) is 0 Å². The molecule has 6 nitrogen and oxygen atoms in total. The molecule has 192 valence electrons. The van der Waals surface area contributed by atoms with Gasteiger partial charge in [0.2, 0.25) is 0 Å². The third-order valence-corrected chi connectivity index (χ3v) is 8.13. The lowest BCUT2D eigenvalue weighted by molar-refractivity contribution is -0.148. The molecule has 2 N–H and O–H groups in total. The van der Waals surface area contributed by atoms with Gasteiger partial charge in [0.1, 0.15) is 11.6 Å². The monoisotopic (exact) mass is 476 g/mol. The topological polar surface area (TPSA) is 109 Å². The van der Waals surface area contributed by atoms with Crippen LogP contribution in [0.3, 0.4) is 0 Å². The van der Waals surface area contributed by atoms with Gasteiger partial charge in [-0.1, -0.05) is 37.8 Å². The summed E-state index contributed by atoms with van der Waals surface area (Å²) in [5.41, 5.74) is -1.43. The van der Waals surface area contributed by atoms with Crippen molar-refractivity contribution in [1.29, 1.82) is 0 Å². The van der Waals surface area contributed by atoms with E-state index < -0.39 is 22.8 Å². The molecule has 0 spiro atoms. The van der Waals surface area contributed by atoms with Crippen molar-refractivity contribution in [2.45, 2.75) is 105 Å². The molecule has 4 atom stereocenters. The Morgan fingerprint density at radius 1 is 0.706 bits per heavy atom. The number of carbonyl (C=O) groups excluding carboxylic acids is 2. The highest BCUT2D eigenvalue weighted by Crippen LogP contribution is 2.36. The molecular weight excluding hydrogens is 432 g/mol. The first-order chi connectivity index (χ1) is 15.8. The van der Waals surface area contributed by atoms with Crippen LogP contribution in [0.5, 0.6) is 0 Å². The Kier molecular flexibility index (Phi) is 10.1. The second-order valence-electron chi connectivity index (χ2n) is 11.8. The van der Waals surface area contributed by atoms with Crippen molar-refractivity contribution in [3.8, 4) is 0 Å². The summed E-state index contributed by atoms with van der Waals surface area (Å²) in [6.07, 6.45) is 13.6. The fraction of sp³-hybridized carbons (Fsp3) is 0.786. The van der Waals surface area contributed by atoms with Gasteiger partial charge in [0.25, 0.3) is 0 Å². The van der Waals surface area contributed by atoms with Gasteiger partial charge in [0.15, 0.2) is 0 Å². The van der Waals surface area contributed by atoms with Crippen molar-refractivity contribution >= 4 is 23.5 Å². The van der Waals surface area contributed by atoms with E-state index in [0.717, 1.165) is 64.2 Å². The van der Waals surface area contributed by atoms with E-state index in [9.17, 15) is 29.4 Å². The van der Waals surface area contributed by atoms with Crippen LogP contribution in [0.2, 0.25) is 0 Å². The zero-order valence-corrected chi connectivity index (χ0v) is 21.5. The summed E-state index contributed by atoms with van der Waals surface area (Å²) in [5.74, 6) is -1.07. The maximum absolute atomic E-state index is 12.8. The number of Topliss-reactive ketones (excluding diaryl/α,β-unsaturated/α-hetero) is 2. The number of unbranched alkanes of at least 4 members (excludes halogenated alkanes) is 2. The van der Waals surface area contributed by atoms with Crippen molar-refractivity contribution in [1.82, 2.24) is 0 Å². The predicted octanol–water partition coefficient (Wildman–Crippen LogP) is 6.08. The number of ketones is 2. The van der Waals surface area contributed by atoms with Gasteiger partial charge in [0.05, 0.1) is 10.8 Å². The lowest BCUT2D eigenvalue weighted by atomic mass is 9.86. The van der Waals surface area contributed by atoms with Gasteiger partial charge >= 0.3 is 11.9 Å². The van der Waals surface area contributed by atoms with Gasteiger partial charge in [0, 0.05) is 23.7 Å². The first-order valence-electron chi connectivity index (χ1n) is 13.1. The molecule has 0 bridgehead atoms. The van der Waals surface area contributed by atoms with Crippen LogP contribution in [0.4, 0.5) is 0 Å². The van der Waals surface area contributed by atoms with E-state index in [2.05, 4.69) is 0 Å². The van der Waals surface area contributed by atoms with Crippen molar-refractivity contribution in [3.05, 3.63) is 12.2 Å². The number of aliphatic carboxylic acids is 2. The number of rotatable bonds is 14. The van der Waals surface area contributed by atoms with E-state index >= 15 is 0 Å². The largest absolute Gasteiger partial charge is 0.481 e. The highest BCUT2D eigenvalue weighted by Gasteiger charge is 2.35. The Morgan fingerprint density at radius 2 is 1.06 bits per heavy atom. The zero-order valence-electron chi connectivity index (χ0n) is 21.5. The fourth-order valence-corrected chi connectivity index (χ4v) is 5.29. The first-order valence-corrected chi connectivity index (χ1v) is 13.1. The summed E-state index contributed by atoms with van der Waals surface area (Å²) >= 11 is 0. The Labute approximate surface area is 204 Å². The van der Waals surface area contributed by atoms with Crippen LogP contribution in [0.1, 0.15) is 105 Å². The molecule has 34 heavy (non-hydrogen) atoms. The van der Waals surface area contributed by atoms with Crippen molar-refractivity contribution in [2.75, 3.05) is 0 Å². The van der Waals surface area contributed by atoms with E-state index in [1.54, 1.807) is 27.7 Å². The highest BCUT2D eigenvalue weighted by atomic mass is 16.4. The molecule has 0 aromatic carbocycles. The number of allylic oxidation sites excluding steroid dienone is 2. The molecule has 0 aromatic rings. The van der Waals surface area contributed by atoms with Crippen LogP contribution < -0.4 is 0 Å². The SMILES string of the molecule is CC(C)(CCCCC1CCC(/C=C\C2CCC(CCCCC(C)(C)C(=O)O)C2=O)C1=O)C(=O)O. The molecule has 2 aliphatic rings. The number of carboxylic acid groups (broad SMARTS) is 2. The quantitative estimate of drug-likeness (QED) is 0.232. The molecule has 0 saturated heterocycles. The Balaban J connectivity index is 1.71. The number of carbonyl (C=O) groups is 4. The smallest absolute Gasteiger partial charge is 0.309 e. The molecule has 2 saturated carbocycles. The molecule has 0 aliphatic heterocycles. The average molecular weight is 477 g/mol. The normalized spacial score (nSPS) is 26.0. The maximum atomic E-state index is 12.8. The molecule has 4 unspecified atom stereocenters. The Bertz CT molecular complexity index is 714. The molecule has 2 aliphatic carbocycles. The van der Waals surface area contributed by atoms with Gasteiger partial charge in [-0.05, 0) is 79.1 Å². The molecule has 0 radical (unpaired) electrons. The fourth-order valence-electron chi connectivity index (χ4n) is 5.29. The molecule has 0 amide bonds. The molecule has 2 rings (SSSR count). The van der Waals surface area contributed by atoms with E-state index in [1.165, 1.54) is 0 Å².